The molecule has 0 aliphatic rings. The number of ether oxygens (including phenoxy) is 2. The van der Waals surface area contributed by atoms with Gasteiger partial charge in [0.1, 0.15) is 13.2 Å². The molecule has 0 saturated heterocycles. The van der Waals surface area contributed by atoms with Crippen molar-refractivity contribution < 1.29 is 14.3 Å². The molecule has 0 spiro atoms. The van der Waals surface area contributed by atoms with Crippen molar-refractivity contribution in [3.05, 3.63) is 0 Å². The Morgan fingerprint density at radius 1 is 1.60 bits per heavy atom. The quantitative estimate of drug-likeness (QED) is 0.503. The minimum atomic E-state index is -0.320. The molecule has 58 valence electrons. The number of hydrogen-bond donors (Lipinski definition) is 1. The molecule has 0 unspecified atom stereocenters. The van der Waals surface area contributed by atoms with E-state index in [1.807, 2.05) is 0 Å². The lowest BCUT2D eigenvalue weighted by atomic mass is 10.7. The summed E-state index contributed by atoms with van der Waals surface area (Å²) in [6, 6.07) is 0. The maximum absolute atomic E-state index is 10.2. The number of rotatable bonds is 4. The molecule has 0 amide bonds. The Morgan fingerprint density at radius 3 is 2.60 bits per heavy atom. The fourth-order valence-electron chi connectivity index (χ4n) is 0.281. The van der Waals surface area contributed by atoms with Crippen LogP contribution in [0.3, 0.4) is 0 Å². The molecular formula is C5H8O3S2. The van der Waals surface area contributed by atoms with Crippen LogP contribution in [0.1, 0.15) is 0 Å². The van der Waals surface area contributed by atoms with Crippen LogP contribution in [-0.4, -0.2) is 30.5 Å². The fourth-order valence-corrected chi connectivity index (χ4v) is 0.455. The molecule has 10 heavy (non-hydrogen) atoms. The van der Waals surface area contributed by atoms with E-state index in [2.05, 4.69) is 29.6 Å². The molecule has 0 aromatic carbocycles. The first-order valence-corrected chi connectivity index (χ1v) is 3.38. The van der Waals surface area contributed by atoms with Crippen LogP contribution in [0.25, 0.3) is 0 Å². The number of hydrogen-bond acceptors (Lipinski definition) is 4. The number of methoxy groups -OCH3 is 1. The Labute approximate surface area is 70.1 Å². The maximum atomic E-state index is 10.2. The molecule has 0 aliphatic heterocycles. The zero-order chi connectivity index (χ0) is 7.98. The van der Waals surface area contributed by atoms with Gasteiger partial charge in [-0.2, -0.15) is 0 Å². The molecule has 5 heteroatoms. The Morgan fingerprint density at radius 2 is 2.20 bits per heavy atom. The Kier molecular flexibility index (Phi) is 5.57. The third kappa shape index (κ3) is 6.00. The minimum Gasteiger partial charge on any atom is -0.488 e. The summed E-state index contributed by atoms with van der Waals surface area (Å²) < 4.78 is 9.36. The number of carbonyl (C=O) groups is 1. The second kappa shape index (κ2) is 5.64. The van der Waals surface area contributed by atoms with Gasteiger partial charge >= 0.3 is 0 Å². The van der Waals surface area contributed by atoms with Gasteiger partial charge in [-0.05, 0) is 12.2 Å². The van der Waals surface area contributed by atoms with Gasteiger partial charge in [-0.25, -0.2) is 0 Å². The molecule has 0 bridgehead atoms. The average molecular weight is 180 g/mol. The van der Waals surface area contributed by atoms with Gasteiger partial charge in [0.2, 0.25) is 5.12 Å². The maximum Gasteiger partial charge on any atom is 0.211 e. The fraction of sp³-hybridized carbons (Fsp3) is 0.600. The SMILES string of the molecule is COC(=S)COCC(=O)S. The third-order valence-corrected chi connectivity index (χ3v) is 1.09. The van der Waals surface area contributed by atoms with Gasteiger partial charge in [0.05, 0.1) is 7.11 Å². The van der Waals surface area contributed by atoms with E-state index in [-0.39, 0.29) is 18.3 Å². The smallest absolute Gasteiger partial charge is 0.211 e. The van der Waals surface area contributed by atoms with Gasteiger partial charge in [0.25, 0.3) is 0 Å². The van der Waals surface area contributed by atoms with E-state index < -0.39 is 0 Å². The van der Waals surface area contributed by atoms with E-state index in [0.29, 0.717) is 5.05 Å². The summed E-state index contributed by atoms with van der Waals surface area (Å²) >= 11 is 8.11. The predicted molar refractivity (Wildman–Crippen MR) is 44.4 cm³/mol. The molecule has 0 saturated carbocycles. The van der Waals surface area contributed by atoms with Gasteiger partial charge in [-0.1, -0.05) is 0 Å². The van der Waals surface area contributed by atoms with Crippen molar-refractivity contribution in [2.24, 2.45) is 0 Å². The summed E-state index contributed by atoms with van der Waals surface area (Å²) in [5.74, 6) is 0. The number of thiol groups is 1. The predicted octanol–water partition coefficient (Wildman–Crippen LogP) is 0.433. The van der Waals surface area contributed by atoms with Crippen molar-refractivity contribution in [3.63, 3.8) is 0 Å². The standard InChI is InChI=1S/C5H8O3S2/c1-7-5(10)3-8-2-4(6)9/h2-3H2,1H3,(H,6,9). The van der Waals surface area contributed by atoms with Crippen LogP contribution in [0.4, 0.5) is 0 Å². The van der Waals surface area contributed by atoms with E-state index in [1.54, 1.807) is 0 Å². The molecule has 0 aromatic heterocycles. The van der Waals surface area contributed by atoms with Crippen molar-refractivity contribution in [1.82, 2.24) is 0 Å². The van der Waals surface area contributed by atoms with E-state index in [1.165, 1.54) is 7.11 Å². The summed E-state index contributed by atoms with van der Waals surface area (Å²) in [6.45, 7) is 0.130. The first kappa shape index (κ1) is 9.87. The van der Waals surface area contributed by atoms with E-state index >= 15 is 0 Å². The molecule has 0 rings (SSSR count). The first-order chi connectivity index (χ1) is 4.66. The summed E-state index contributed by atoms with van der Waals surface area (Å²) in [5, 5.41) is 0.00786. The van der Waals surface area contributed by atoms with Crippen LogP contribution in [0, 0.1) is 0 Å². The lowest BCUT2D eigenvalue weighted by Crippen LogP contribution is -2.11. The van der Waals surface area contributed by atoms with Crippen LogP contribution in [0.5, 0.6) is 0 Å². The van der Waals surface area contributed by atoms with Gasteiger partial charge in [0.15, 0.2) is 5.05 Å². The topological polar surface area (TPSA) is 35.5 Å². The van der Waals surface area contributed by atoms with Crippen molar-refractivity contribution in [3.8, 4) is 0 Å². The van der Waals surface area contributed by atoms with Crippen molar-refractivity contribution >= 4 is 35.0 Å². The van der Waals surface area contributed by atoms with E-state index in [9.17, 15) is 4.79 Å². The molecule has 0 fully saturated rings. The molecule has 0 heterocycles. The summed E-state index contributed by atoms with van der Waals surface area (Å²) in [5.41, 5.74) is 0. The number of thiocarbonyl (C=S) groups is 1. The highest BCUT2D eigenvalue weighted by atomic mass is 32.1. The summed E-state index contributed by atoms with van der Waals surface area (Å²) in [7, 11) is 1.45. The molecule has 0 aromatic rings. The Hall–Kier alpha value is -0.130. The molecule has 0 N–H and O–H groups in total. The third-order valence-electron chi connectivity index (χ3n) is 0.673. The Bertz CT molecular complexity index is 135. The first-order valence-electron chi connectivity index (χ1n) is 2.53. The monoisotopic (exact) mass is 180 g/mol. The lowest BCUT2D eigenvalue weighted by Gasteiger charge is -2.00. The van der Waals surface area contributed by atoms with Crippen molar-refractivity contribution in [2.75, 3.05) is 20.3 Å². The largest absolute Gasteiger partial charge is 0.488 e. The van der Waals surface area contributed by atoms with Crippen LogP contribution in [0.15, 0.2) is 0 Å². The van der Waals surface area contributed by atoms with Gasteiger partial charge in [-0.3, -0.25) is 4.79 Å². The van der Waals surface area contributed by atoms with Crippen LogP contribution in [0.2, 0.25) is 0 Å². The van der Waals surface area contributed by atoms with E-state index in [0.717, 1.165) is 0 Å². The molecule has 3 nitrogen and oxygen atoms in total. The highest BCUT2D eigenvalue weighted by Gasteiger charge is 1.96. The second-order valence-electron chi connectivity index (χ2n) is 1.46. The van der Waals surface area contributed by atoms with Gasteiger partial charge in [-0.15, -0.1) is 12.6 Å². The summed E-state index contributed by atoms with van der Waals surface area (Å²) in [6.07, 6.45) is 0. The van der Waals surface area contributed by atoms with Crippen LogP contribution < -0.4 is 0 Å². The normalized spacial score (nSPS) is 9.00. The molecular weight excluding hydrogens is 172 g/mol. The molecule has 0 atom stereocenters. The molecule has 0 radical (unpaired) electrons. The van der Waals surface area contributed by atoms with Gasteiger partial charge < -0.3 is 9.47 Å². The highest BCUT2D eigenvalue weighted by Crippen LogP contribution is 1.84. The Balaban J connectivity index is 3.20. The molecule has 0 aliphatic carbocycles. The van der Waals surface area contributed by atoms with Crippen molar-refractivity contribution in [2.45, 2.75) is 0 Å². The van der Waals surface area contributed by atoms with Crippen molar-refractivity contribution in [1.29, 1.82) is 0 Å². The average Bonchev–Trinajstić information content (AvgIpc) is 1.87. The zero-order valence-corrected chi connectivity index (χ0v) is 7.21. The summed E-state index contributed by atoms with van der Waals surface area (Å²) in [4.78, 5) is 10.2. The lowest BCUT2D eigenvalue weighted by molar-refractivity contribution is -0.114. The second-order valence-corrected chi connectivity index (χ2v) is 2.42. The number of carbonyl (C=O) groups excluding carboxylic acids is 1. The highest BCUT2D eigenvalue weighted by molar-refractivity contribution is 7.96. The minimum absolute atomic E-state index is 0.0351. The van der Waals surface area contributed by atoms with Crippen LogP contribution >= 0.6 is 24.8 Å². The van der Waals surface area contributed by atoms with Gasteiger partial charge in [0, 0.05) is 0 Å². The zero-order valence-electron chi connectivity index (χ0n) is 5.49. The van der Waals surface area contributed by atoms with E-state index in [4.69, 9.17) is 4.74 Å². The van der Waals surface area contributed by atoms with Crippen LogP contribution in [-0.2, 0) is 14.3 Å².